The van der Waals surface area contributed by atoms with Crippen LogP contribution in [0.3, 0.4) is 0 Å². The van der Waals surface area contributed by atoms with Gasteiger partial charge in [0.1, 0.15) is 11.3 Å². The Morgan fingerprint density at radius 1 is 1.24 bits per heavy atom. The predicted molar refractivity (Wildman–Crippen MR) is 83.1 cm³/mol. The van der Waals surface area contributed by atoms with Crippen LogP contribution in [0.5, 0.6) is 5.75 Å². The third-order valence-corrected chi connectivity index (χ3v) is 3.53. The maximum atomic E-state index is 11.8. The summed E-state index contributed by atoms with van der Waals surface area (Å²) in [5.74, 6) is -1.96. The second kappa shape index (κ2) is 6.33. The minimum absolute atomic E-state index is 0.0517. The molecule has 1 aromatic carbocycles. The van der Waals surface area contributed by atoms with Gasteiger partial charge < -0.3 is 15.5 Å². The van der Waals surface area contributed by atoms with Crippen LogP contribution in [0.15, 0.2) is 35.7 Å². The second-order valence-electron chi connectivity index (χ2n) is 3.92. The fourth-order valence-corrected chi connectivity index (χ4v) is 2.35. The molecule has 0 aliphatic heterocycles. The lowest BCUT2D eigenvalue weighted by Gasteiger charge is -2.09. The summed E-state index contributed by atoms with van der Waals surface area (Å²) in [7, 11) is 0. The Labute approximate surface area is 129 Å². The van der Waals surface area contributed by atoms with Crippen LogP contribution in [0.1, 0.15) is 20.0 Å². The van der Waals surface area contributed by atoms with Gasteiger partial charge in [0.2, 0.25) is 0 Å². The molecular formula is C13H10N2O4S2. The number of rotatable bonds is 3. The van der Waals surface area contributed by atoms with Crippen molar-refractivity contribution in [2.45, 2.75) is 0 Å². The van der Waals surface area contributed by atoms with Gasteiger partial charge in [-0.2, -0.15) is 0 Å². The molecule has 0 aliphatic rings. The summed E-state index contributed by atoms with van der Waals surface area (Å²) in [5, 5.41) is 25.4. The fraction of sp³-hybridized carbons (Fsp3) is 0. The average molecular weight is 322 g/mol. The Kier molecular flexibility index (Phi) is 4.51. The molecule has 0 bridgehead atoms. The first-order valence-electron chi connectivity index (χ1n) is 5.69. The van der Waals surface area contributed by atoms with Crippen LogP contribution in [0.4, 0.5) is 5.69 Å². The molecule has 2 rings (SSSR count). The van der Waals surface area contributed by atoms with Crippen molar-refractivity contribution in [1.82, 2.24) is 5.32 Å². The fourth-order valence-electron chi connectivity index (χ4n) is 1.53. The first kappa shape index (κ1) is 14.9. The van der Waals surface area contributed by atoms with E-state index < -0.39 is 5.97 Å². The maximum Gasteiger partial charge on any atom is 0.339 e. The molecule has 6 nitrogen and oxygen atoms in total. The summed E-state index contributed by atoms with van der Waals surface area (Å²) < 4.78 is 0. The lowest BCUT2D eigenvalue weighted by atomic mass is 10.2. The molecule has 1 heterocycles. The van der Waals surface area contributed by atoms with Gasteiger partial charge in [-0.05, 0) is 35.8 Å². The first-order chi connectivity index (χ1) is 9.97. The number of hydrogen-bond acceptors (Lipinski definition) is 5. The number of benzene rings is 1. The number of hydrogen-bond donors (Lipinski definition) is 4. The van der Waals surface area contributed by atoms with Crippen LogP contribution < -0.4 is 10.6 Å². The molecule has 8 heteroatoms. The van der Waals surface area contributed by atoms with Gasteiger partial charge >= 0.3 is 5.97 Å². The minimum Gasteiger partial charge on any atom is -0.507 e. The summed E-state index contributed by atoms with van der Waals surface area (Å²) in [6.45, 7) is 0. The van der Waals surface area contributed by atoms with Gasteiger partial charge in [-0.25, -0.2) is 4.79 Å². The molecule has 0 fully saturated rings. The third kappa shape index (κ3) is 3.77. The molecule has 0 radical (unpaired) electrons. The van der Waals surface area contributed by atoms with Crippen LogP contribution in [-0.2, 0) is 0 Å². The van der Waals surface area contributed by atoms with E-state index in [-0.39, 0.29) is 22.3 Å². The normalized spacial score (nSPS) is 9.90. The van der Waals surface area contributed by atoms with Crippen molar-refractivity contribution >= 4 is 46.2 Å². The number of phenols is 1. The number of thiocarbonyl (C=S) groups is 1. The largest absolute Gasteiger partial charge is 0.507 e. The Hall–Kier alpha value is -2.45. The number of carboxylic acids is 1. The van der Waals surface area contributed by atoms with Gasteiger partial charge in [0.25, 0.3) is 5.91 Å². The van der Waals surface area contributed by atoms with E-state index in [1.807, 2.05) is 0 Å². The quantitative estimate of drug-likeness (QED) is 0.647. The number of carbonyl (C=O) groups excluding carboxylic acids is 1. The van der Waals surface area contributed by atoms with Crippen molar-refractivity contribution < 1.29 is 19.8 Å². The summed E-state index contributed by atoms with van der Waals surface area (Å²) in [6.07, 6.45) is 0. The number of nitrogens with one attached hydrogen (secondary N) is 2. The molecule has 1 amide bonds. The molecule has 108 valence electrons. The third-order valence-electron chi connectivity index (χ3n) is 2.46. The van der Waals surface area contributed by atoms with Gasteiger partial charge in [0.05, 0.1) is 4.88 Å². The number of carboxylic acid groups (broad SMARTS) is 1. The summed E-state index contributed by atoms with van der Waals surface area (Å²) in [6, 6.07) is 7.30. The van der Waals surface area contributed by atoms with Gasteiger partial charge in [-0.15, -0.1) is 11.3 Å². The lowest BCUT2D eigenvalue weighted by Crippen LogP contribution is -2.33. The van der Waals surface area contributed by atoms with Crippen molar-refractivity contribution in [1.29, 1.82) is 0 Å². The summed E-state index contributed by atoms with van der Waals surface area (Å²) in [5.41, 5.74) is 0.156. The van der Waals surface area contributed by atoms with E-state index in [4.69, 9.17) is 17.3 Å². The molecule has 0 atom stereocenters. The number of amides is 1. The van der Waals surface area contributed by atoms with E-state index in [0.717, 1.165) is 0 Å². The molecular weight excluding hydrogens is 312 g/mol. The van der Waals surface area contributed by atoms with Gasteiger partial charge in [0.15, 0.2) is 5.11 Å². The number of aromatic carboxylic acids is 1. The Balaban J connectivity index is 2.01. The molecule has 2 aromatic rings. The minimum atomic E-state index is -1.23. The molecule has 0 unspecified atom stereocenters. The van der Waals surface area contributed by atoms with E-state index in [1.54, 1.807) is 17.5 Å². The Morgan fingerprint density at radius 2 is 2.00 bits per heavy atom. The number of anilines is 1. The molecule has 0 spiro atoms. The molecule has 4 N–H and O–H groups in total. The zero-order valence-electron chi connectivity index (χ0n) is 10.5. The van der Waals surface area contributed by atoms with Gasteiger partial charge in [-0.1, -0.05) is 6.07 Å². The number of aromatic hydroxyl groups is 1. The van der Waals surface area contributed by atoms with Crippen molar-refractivity contribution in [2.75, 3.05) is 5.32 Å². The summed E-state index contributed by atoms with van der Waals surface area (Å²) in [4.78, 5) is 23.0. The van der Waals surface area contributed by atoms with Crippen LogP contribution >= 0.6 is 23.6 Å². The van der Waals surface area contributed by atoms with E-state index in [1.165, 1.54) is 29.5 Å². The zero-order chi connectivity index (χ0) is 15.4. The van der Waals surface area contributed by atoms with Crippen LogP contribution in [-0.4, -0.2) is 27.2 Å². The van der Waals surface area contributed by atoms with Crippen molar-refractivity contribution in [3.05, 3.63) is 46.2 Å². The SMILES string of the molecule is O=C(NC(=S)Nc1ccc(C(=O)O)c(O)c1)c1cccs1. The standard InChI is InChI=1S/C13H10N2O4S2/c16-9-6-7(3-4-8(9)12(18)19)14-13(20)15-11(17)10-2-1-5-21-10/h1-6,16H,(H,18,19)(H2,14,15,17,20). The van der Waals surface area contributed by atoms with E-state index >= 15 is 0 Å². The highest BCUT2D eigenvalue weighted by Gasteiger charge is 2.12. The number of thiophene rings is 1. The molecule has 0 aliphatic carbocycles. The number of carbonyl (C=O) groups is 2. The summed E-state index contributed by atoms with van der Waals surface area (Å²) >= 11 is 6.26. The monoisotopic (exact) mass is 322 g/mol. The predicted octanol–water partition coefficient (Wildman–Crippen LogP) is 2.28. The van der Waals surface area contributed by atoms with Crippen LogP contribution in [0.25, 0.3) is 0 Å². The topological polar surface area (TPSA) is 98.7 Å². The highest BCUT2D eigenvalue weighted by Crippen LogP contribution is 2.21. The highest BCUT2D eigenvalue weighted by atomic mass is 32.1. The van der Waals surface area contributed by atoms with Crippen LogP contribution in [0, 0.1) is 0 Å². The Morgan fingerprint density at radius 3 is 2.57 bits per heavy atom. The average Bonchev–Trinajstić information content (AvgIpc) is 2.91. The second-order valence-corrected chi connectivity index (χ2v) is 5.28. The van der Waals surface area contributed by atoms with E-state index in [2.05, 4.69) is 10.6 Å². The lowest BCUT2D eigenvalue weighted by molar-refractivity contribution is 0.0693. The smallest absolute Gasteiger partial charge is 0.339 e. The van der Waals surface area contributed by atoms with E-state index in [0.29, 0.717) is 10.6 Å². The van der Waals surface area contributed by atoms with Crippen LogP contribution in [0.2, 0.25) is 0 Å². The molecule has 1 aromatic heterocycles. The Bertz CT molecular complexity index is 698. The first-order valence-corrected chi connectivity index (χ1v) is 6.98. The molecule has 0 saturated heterocycles. The highest BCUT2D eigenvalue weighted by molar-refractivity contribution is 7.80. The van der Waals surface area contributed by atoms with Gasteiger partial charge in [0, 0.05) is 11.8 Å². The molecule has 21 heavy (non-hydrogen) atoms. The zero-order valence-corrected chi connectivity index (χ0v) is 12.1. The van der Waals surface area contributed by atoms with Gasteiger partial charge in [-0.3, -0.25) is 10.1 Å². The van der Waals surface area contributed by atoms with E-state index in [9.17, 15) is 14.7 Å². The molecule has 0 saturated carbocycles. The van der Waals surface area contributed by atoms with Crippen molar-refractivity contribution in [2.24, 2.45) is 0 Å². The van der Waals surface area contributed by atoms with Crippen molar-refractivity contribution in [3.8, 4) is 5.75 Å². The maximum absolute atomic E-state index is 11.8. The van der Waals surface area contributed by atoms with Crippen molar-refractivity contribution in [3.63, 3.8) is 0 Å².